The SMILES string of the molecule is C#CCSc1sc(C(=O)c2ccccc2)c2c(C(=O)OCC)c3cc(C)ccn3c12. The minimum absolute atomic E-state index is 0.115. The standard InChI is InChI=1S/C24H19NO3S2/c1-4-13-29-24-20-19(22(30-24)21(26)16-9-7-6-8-10-16)18(23(27)28-5-2)17-14-15(3)11-12-25(17)20/h1,6-12,14H,5,13H2,2-3H3. The molecule has 0 fully saturated rings. The summed E-state index contributed by atoms with van der Waals surface area (Å²) in [4.78, 5) is 26.9. The van der Waals surface area contributed by atoms with E-state index >= 15 is 0 Å². The predicted molar refractivity (Wildman–Crippen MR) is 123 cm³/mol. The first-order valence-corrected chi connectivity index (χ1v) is 11.3. The Labute approximate surface area is 182 Å². The number of esters is 1. The molecule has 0 aliphatic rings. The number of carbonyl (C=O) groups excluding carboxylic acids is 2. The molecule has 3 aromatic heterocycles. The number of terminal acetylenes is 1. The van der Waals surface area contributed by atoms with Crippen molar-refractivity contribution in [1.29, 1.82) is 0 Å². The van der Waals surface area contributed by atoms with E-state index < -0.39 is 5.97 Å². The van der Waals surface area contributed by atoms with E-state index in [9.17, 15) is 9.59 Å². The zero-order chi connectivity index (χ0) is 21.3. The molecule has 6 heteroatoms. The molecule has 0 unspecified atom stereocenters. The molecule has 0 N–H and O–H groups in total. The van der Waals surface area contributed by atoms with Crippen molar-refractivity contribution in [3.63, 3.8) is 0 Å². The van der Waals surface area contributed by atoms with Crippen molar-refractivity contribution in [3.8, 4) is 12.3 Å². The van der Waals surface area contributed by atoms with Crippen molar-refractivity contribution in [3.05, 3.63) is 70.2 Å². The van der Waals surface area contributed by atoms with Crippen LogP contribution in [0, 0.1) is 19.3 Å². The average molecular weight is 434 g/mol. The van der Waals surface area contributed by atoms with Gasteiger partial charge in [-0.2, -0.15) is 0 Å². The highest BCUT2D eigenvalue weighted by molar-refractivity contribution is 8.01. The molecule has 30 heavy (non-hydrogen) atoms. The number of thiophene rings is 1. The van der Waals surface area contributed by atoms with Gasteiger partial charge in [0.05, 0.1) is 38.0 Å². The van der Waals surface area contributed by atoms with Crippen LogP contribution < -0.4 is 0 Å². The maximum Gasteiger partial charge on any atom is 0.341 e. The van der Waals surface area contributed by atoms with Gasteiger partial charge in [0, 0.05) is 17.1 Å². The summed E-state index contributed by atoms with van der Waals surface area (Å²) in [6.45, 7) is 4.00. The van der Waals surface area contributed by atoms with Crippen LogP contribution in [0.4, 0.5) is 0 Å². The van der Waals surface area contributed by atoms with Crippen molar-refractivity contribution in [2.75, 3.05) is 12.4 Å². The molecule has 0 amide bonds. The largest absolute Gasteiger partial charge is 0.462 e. The van der Waals surface area contributed by atoms with Gasteiger partial charge in [0.1, 0.15) is 0 Å². The van der Waals surface area contributed by atoms with Crippen molar-refractivity contribution in [1.82, 2.24) is 4.40 Å². The Hall–Kier alpha value is -3.01. The summed E-state index contributed by atoms with van der Waals surface area (Å²) >= 11 is 2.88. The Balaban J connectivity index is 2.09. The van der Waals surface area contributed by atoms with E-state index in [0.717, 1.165) is 20.8 Å². The number of thioether (sulfide) groups is 1. The van der Waals surface area contributed by atoms with E-state index in [0.29, 0.717) is 27.1 Å². The molecule has 0 bridgehead atoms. The number of carbonyl (C=O) groups is 2. The summed E-state index contributed by atoms with van der Waals surface area (Å²) in [5.41, 5.74) is 3.59. The number of pyridine rings is 1. The van der Waals surface area contributed by atoms with Gasteiger partial charge in [0.25, 0.3) is 0 Å². The summed E-state index contributed by atoms with van der Waals surface area (Å²) < 4.78 is 8.25. The molecule has 4 nitrogen and oxygen atoms in total. The molecule has 0 spiro atoms. The van der Waals surface area contributed by atoms with Gasteiger partial charge in [-0.1, -0.05) is 36.3 Å². The number of aromatic nitrogens is 1. The normalized spacial score (nSPS) is 11.0. The zero-order valence-electron chi connectivity index (χ0n) is 16.6. The third-order valence-corrected chi connectivity index (χ3v) is 7.06. The van der Waals surface area contributed by atoms with E-state index in [1.807, 2.05) is 47.9 Å². The second kappa shape index (κ2) is 8.39. The molecule has 4 aromatic rings. The number of hydrogen-bond acceptors (Lipinski definition) is 5. The molecule has 0 aliphatic heterocycles. The highest BCUT2D eigenvalue weighted by atomic mass is 32.2. The van der Waals surface area contributed by atoms with Gasteiger partial charge in [0.2, 0.25) is 5.78 Å². The second-order valence-electron chi connectivity index (χ2n) is 6.69. The van der Waals surface area contributed by atoms with Crippen LogP contribution in [0.1, 0.15) is 38.1 Å². The van der Waals surface area contributed by atoms with Gasteiger partial charge >= 0.3 is 5.97 Å². The lowest BCUT2D eigenvalue weighted by molar-refractivity contribution is 0.0531. The summed E-state index contributed by atoms with van der Waals surface area (Å²) in [6, 6.07) is 13.0. The van der Waals surface area contributed by atoms with Crippen LogP contribution in [0.15, 0.2) is 52.9 Å². The first-order chi connectivity index (χ1) is 14.6. The molecular formula is C24H19NO3S2. The first kappa shape index (κ1) is 20.3. The van der Waals surface area contributed by atoms with Crippen LogP contribution in [-0.2, 0) is 4.74 Å². The number of benzene rings is 1. The zero-order valence-corrected chi connectivity index (χ0v) is 18.2. The number of ketones is 1. The molecule has 0 atom stereocenters. The Bertz CT molecular complexity index is 1310. The third-order valence-electron chi connectivity index (χ3n) is 4.72. The maximum absolute atomic E-state index is 13.4. The third kappa shape index (κ3) is 3.41. The maximum atomic E-state index is 13.4. The molecule has 0 radical (unpaired) electrons. The van der Waals surface area contributed by atoms with Crippen LogP contribution in [0.5, 0.6) is 0 Å². The number of rotatable bonds is 6. The topological polar surface area (TPSA) is 47.8 Å². The van der Waals surface area contributed by atoms with E-state index in [-0.39, 0.29) is 12.4 Å². The number of nitrogens with zero attached hydrogens (tertiary/aromatic N) is 1. The highest BCUT2D eigenvalue weighted by Gasteiger charge is 2.29. The summed E-state index contributed by atoms with van der Waals surface area (Å²) in [5.74, 6) is 2.58. The van der Waals surface area contributed by atoms with E-state index in [2.05, 4.69) is 5.92 Å². The molecule has 150 valence electrons. The number of hydrogen-bond donors (Lipinski definition) is 0. The van der Waals surface area contributed by atoms with Crippen molar-refractivity contribution >= 4 is 51.3 Å². The van der Waals surface area contributed by atoms with Gasteiger partial charge < -0.3 is 9.14 Å². The number of aryl methyl sites for hydroxylation is 1. The lowest BCUT2D eigenvalue weighted by Gasteiger charge is -2.04. The molecule has 0 saturated carbocycles. The highest BCUT2D eigenvalue weighted by Crippen LogP contribution is 2.43. The van der Waals surface area contributed by atoms with Crippen LogP contribution in [0.3, 0.4) is 0 Å². The average Bonchev–Trinajstić information content (AvgIpc) is 3.27. The van der Waals surface area contributed by atoms with Gasteiger partial charge in [-0.3, -0.25) is 4.79 Å². The lowest BCUT2D eigenvalue weighted by atomic mass is 10.1. The van der Waals surface area contributed by atoms with Gasteiger partial charge in [0.15, 0.2) is 0 Å². The van der Waals surface area contributed by atoms with Crippen LogP contribution in [0.25, 0.3) is 16.4 Å². The van der Waals surface area contributed by atoms with Crippen molar-refractivity contribution < 1.29 is 14.3 Å². The summed E-state index contributed by atoms with van der Waals surface area (Å²) in [7, 11) is 0. The quantitative estimate of drug-likeness (QED) is 0.172. The fraction of sp³-hybridized carbons (Fsp3) is 0.167. The van der Waals surface area contributed by atoms with E-state index in [1.54, 1.807) is 19.1 Å². The Morgan fingerprint density at radius 1 is 1.23 bits per heavy atom. The molecule has 4 rings (SSSR count). The molecule has 1 aromatic carbocycles. The minimum atomic E-state index is -0.427. The molecule has 0 saturated heterocycles. The van der Waals surface area contributed by atoms with Crippen molar-refractivity contribution in [2.24, 2.45) is 0 Å². The van der Waals surface area contributed by atoms with Crippen LogP contribution in [0.2, 0.25) is 0 Å². The molecular weight excluding hydrogens is 414 g/mol. The second-order valence-corrected chi connectivity index (χ2v) is 8.95. The Morgan fingerprint density at radius 2 is 2.00 bits per heavy atom. The summed E-state index contributed by atoms with van der Waals surface area (Å²) in [6.07, 6.45) is 7.42. The van der Waals surface area contributed by atoms with Crippen LogP contribution in [-0.4, -0.2) is 28.5 Å². The Kier molecular flexibility index (Phi) is 5.67. The number of ether oxygens (including phenoxy) is 1. The van der Waals surface area contributed by atoms with Crippen molar-refractivity contribution in [2.45, 2.75) is 18.1 Å². The lowest BCUT2D eigenvalue weighted by Crippen LogP contribution is -2.06. The smallest absolute Gasteiger partial charge is 0.341 e. The fourth-order valence-electron chi connectivity index (χ4n) is 3.47. The molecule has 3 heterocycles. The van der Waals surface area contributed by atoms with E-state index in [1.165, 1.54) is 23.1 Å². The van der Waals surface area contributed by atoms with E-state index in [4.69, 9.17) is 11.2 Å². The van der Waals surface area contributed by atoms with Gasteiger partial charge in [-0.05, 0) is 31.5 Å². The predicted octanol–water partition coefficient (Wildman–Crippen LogP) is 5.60. The monoisotopic (exact) mass is 433 g/mol. The molecule has 0 aliphatic carbocycles. The van der Waals surface area contributed by atoms with Gasteiger partial charge in [-0.15, -0.1) is 29.5 Å². The van der Waals surface area contributed by atoms with Gasteiger partial charge in [-0.25, -0.2) is 4.79 Å². The fourth-order valence-corrected chi connectivity index (χ4v) is 5.68. The summed E-state index contributed by atoms with van der Waals surface area (Å²) in [5, 5.41) is 0.637. The first-order valence-electron chi connectivity index (χ1n) is 9.47. The minimum Gasteiger partial charge on any atom is -0.462 e. The number of fused-ring (bicyclic) bond motifs is 3. The van der Waals surface area contributed by atoms with Crippen LogP contribution >= 0.6 is 23.1 Å². The Morgan fingerprint density at radius 3 is 2.70 bits per heavy atom.